The highest BCUT2D eigenvalue weighted by Crippen LogP contribution is 2.33. The Morgan fingerprint density at radius 3 is 2.88 bits per heavy atom. The molecule has 1 N–H and O–H groups in total. The molecule has 2 aromatic heterocycles. The second kappa shape index (κ2) is 3.73. The van der Waals surface area contributed by atoms with Gasteiger partial charge in [-0.15, -0.1) is 11.3 Å². The van der Waals surface area contributed by atoms with E-state index in [1.807, 2.05) is 12.1 Å². The van der Waals surface area contributed by atoms with E-state index in [1.165, 1.54) is 10.1 Å². The maximum atomic E-state index is 8.92. The minimum absolute atomic E-state index is 0.0889. The first-order chi connectivity index (χ1) is 7.86. The van der Waals surface area contributed by atoms with Crippen molar-refractivity contribution in [2.45, 2.75) is 6.61 Å². The fourth-order valence-corrected chi connectivity index (χ4v) is 2.62. The predicted molar refractivity (Wildman–Crippen MR) is 63.2 cm³/mol. The molecule has 3 rings (SSSR count). The van der Waals surface area contributed by atoms with Crippen molar-refractivity contribution in [2.75, 3.05) is 0 Å². The van der Waals surface area contributed by atoms with Crippen LogP contribution in [0.5, 0.6) is 0 Å². The number of aliphatic hydroxyl groups excluding tert-OH is 1. The van der Waals surface area contributed by atoms with Gasteiger partial charge in [0.1, 0.15) is 5.69 Å². The SMILES string of the molecule is OCc1cc(-c2cc3ccccc3s2)on1. The highest BCUT2D eigenvalue weighted by atomic mass is 32.1. The standard InChI is InChI=1S/C12H9NO2S/c14-7-9-6-10(15-13-9)12-5-8-3-1-2-4-11(8)16-12/h1-6,14H,7H2. The number of benzene rings is 1. The number of rotatable bonds is 2. The van der Waals surface area contributed by atoms with Crippen molar-refractivity contribution in [1.29, 1.82) is 0 Å². The van der Waals surface area contributed by atoms with Gasteiger partial charge in [-0.1, -0.05) is 23.4 Å². The largest absolute Gasteiger partial charge is 0.390 e. The Morgan fingerprint density at radius 1 is 1.25 bits per heavy atom. The van der Waals surface area contributed by atoms with Gasteiger partial charge in [0, 0.05) is 10.8 Å². The summed E-state index contributed by atoms with van der Waals surface area (Å²) in [5, 5.41) is 13.9. The zero-order valence-electron chi connectivity index (χ0n) is 8.38. The van der Waals surface area contributed by atoms with E-state index >= 15 is 0 Å². The summed E-state index contributed by atoms with van der Waals surface area (Å²) >= 11 is 1.66. The number of thiophene rings is 1. The zero-order chi connectivity index (χ0) is 11.0. The summed E-state index contributed by atoms with van der Waals surface area (Å²) in [5.74, 6) is 0.713. The lowest BCUT2D eigenvalue weighted by Crippen LogP contribution is -1.78. The van der Waals surface area contributed by atoms with Crippen molar-refractivity contribution in [3.8, 4) is 10.6 Å². The lowest BCUT2D eigenvalue weighted by Gasteiger charge is -1.83. The molecule has 4 heteroatoms. The highest BCUT2D eigenvalue weighted by Gasteiger charge is 2.09. The van der Waals surface area contributed by atoms with Crippen molar-refractivity contribution < 1.29 is 9.63 Å². The fraction of sp³-hybridized carbons (Fsp3) is 0.0833. The van der Waals surface area contributed by atoms with Crippen LogP contribution in [0.4, 0.5) is 0 Å². The molecule has 2 heterocycles. The summed E-state index contributed by atoms with van der Waals surface area (Å²) in [6.07, 6.45) is 0. The lowest BCUT2D eigenvalue weighted by molar-refractivity contribution is 0.267. The number of aliphatic hydroxyl groups is 1. The lowest BCUT2D eigenvalue weighted by atomic mass is 10.2. The van der Waals surface area contributed by atoms with E-state index in [1.54, 1.807) is 17.4 Å². The number of aromatic nitrogens is 1. The molecule has 0 fully saturated rings. The van der Waals surface area contributed by atoms with Gasteiger partial charge in [-0.2, -0.15) is 0 Å². The summed E-state index contributed by atoms with van der Waals surface area (Å²) in [6, 6.07) is 12.0. The van der Waals surface area contributed by atoms with Crippen LogP contribution in [0.1, 0.15) is 5.69 Å². The number of hydrogen-bond donors (Lipinski definition) is 1. The molecule has 3 aromatic rings. The van der Waals surface area contributed by atoms with Crippen LogP contribution in [0, 0.1) is 0 Å². The van der Waals surface area contributed by atoms with E-state index in [-0.39, 0.29) is 6.61 Å². The molecule has 0 aliphatic carbocycles. The molecule has 0 spiro atoms. The summed E-state index contributed by atoms with van der Waals surface area (Å²) < 4.78 is 6.39. The molecule has 80 valence electrons. The van der Waals surface area contributed by atoms with Crippen LogP contribution in [-0.4, -0.2) is 10.3 Å². The van der Waals surface area contributed by atoms with E-state index < -0.39 is 0 Å². The molecule has 0 radical (unpaired) electrons. The Balaban J connectivity index is 2.11. The third-order valence-corrected chi connectivity index (χ3v) is 3.52. The molecule has 3 nitrogen and oxygen atoms in total. The Labute approximate surface area is 95.9 Å². The van der Waals surface area contributed by atoms with E-state index in [0.29, 0.717) is 11.5 Å². The molecule has 0 bridgehead atoms. The van der Waals surface area contributed by atoms with Crippen LogP contribution < -0.4 is 0 Å². The highest BCUT2D eigenvalue weighted by molar-refractivity contribution is 7.22. The Bertz CT molecular complexity index is 594. The van der Waals surface area contributed by atoms with Gasteiger partial charge < -0.3 is 9.63 Å². The predicted octanol–water partition coefficient (Wildman–Crippen LogP) is 3.05. The summed E-state index contributed by atoms with van der Waals surface area (Å²) in [7, 11) is 0. The first-order valence-electron chi connectivity index (χ1n) is 4.92. The number of fused-ring (bicyclic) bond motifs is 1. The van der Waals surface area contributed by atoms with Crippen LogP contribution in [0.15, 0.2) is 40.9 Å². The second-order valence-corrected chi connectivity index (χ2v) is 4.57. The Kier molecular flexibility index (Phi) is 2.23. The van der Waals surface area contributed by atoms with Gasteiger partial charge in [0.15, 0.2) is 5.76 Å². The fourth-order valence-electron chi connectivity index (χ4n) is 1.61. The van der Waals surface area contributed by atoms with Crippen LogP contribution in [-0.2, 0) is 6.61 Å². The molecular weight excluding hydrogens is 222 g/mol. The first kappa shape index (κ1) is 9.57. The quantitative estimate of drug-likeness (QED) is 0.737. The van der Waals surface area contributed by atoms with E-state index in [9.17, 15) is 0 Å². The van der Waals surface area contributed by atoms with Crippen molar-refractivity contribution in [3.05, 3.63) is 42.1 Å². The van der Waals surface area contributed by atoms with E-state index in [0.717, 1.165) is 4.88 Å². The molecule has 1 aromatic carbocycles. The van der Waals surface area contributed by atoms with Crippen LogP contribution in [0.25, 0.3) is 20.7 Å². The van der Waals surface area contributed by atoms with Gasteiger partial charge in [0.25, 0.3) is 0 Å². The van der Waals surface area contributed by atoms with Crippen LogP contribution in [0.2, 0.25) is 0 Å². The number of nitrogens with zero attached hydrogens (tertiary/aromatic N) is 1. The van der Waals surface area contributed by atoms with Gasteiger partial charge >= 0.3 is 0 Å². The van der Waals surface area contributed by atoms with Gasteiger partial charge in [0.2, 0.25) is 0 Å². The van der Waals surface area contributed by atoms with Crippen LogP contribution in [0.3, 0.4) is 0 Å². The topological polar surface area (TPSA) is 46.3 Å². The summed E-state index contributed by atoms with van der Waals surface area (Å²) in [6.45, 7) is -0.0889. The molecule has 0 atom stereocenters. The van der Waals surface area contributed by atoms with Crippen LogP contribution >= 0.6 is 11.3 Å². The van der Waals surface area contributed by atoms with Crippen molar-refractivity contribution in [1.82, 2.24) is 5.16 Å². The molecule has 0 amide bonds. The minimum atomic E-state index is -0.0889. The molecular formula is C12H9NO2S. The Hall–Kier alpha value is -1.65. The van der Waals surface area contributed by atoms with Crippen molar-refractivity contribution in [2.24, 2.45) is 0 Å². The molecule has 0 unspecified atom stereocenters. The molecule has 0 saturated heterocycles. The Morgan fingerprint density at radius 2 is 2.12 bits per heavy atom. The smallest absolute Gasteiger partial charge is 0.177 e. The first-order valence-corrected chi connectivity index (χ1v) is 5.74. The van der Waals surface area contributed by atoms with Crippen molar-refractivity contribution in [3.63, 3.8) is 0 Å². The molecule has 0 aliphatic rings. The normalized spacial score (nSPS) is 11.1. The number of hydrogen-bond acceptors (Lipinski definition) is 4. The second-order valence-electron chi connectivity index (χ2n) is 3.49. The molecule has 0 saturated carbocycles. The zero-order valence-corrected chi connectivity index (χ0v) is 9.20. The maximum Gasteiger partial charge on any atom is 0.177 e. The van der Waals surface area contributed by atoms with E-state index in [4.69, 9.17) is 9.63 Å². The third kappa shape index (κ3) is 1.52. The average molecular weight is 231 g/mol. The van der Waals surface area contributed by atoms with Gasteiger partial charge in [0.05, 0.1) is 11.5 Å². The third-order valence-electron chi connectivity index (χ3n) is 2.39. The summed E-state index contributed by atoms with van der Waals surface area (Å²) in [5.41, 5.74) is 0.562. The van der Waals surface area contributed by atoms with Gasteiger partial charge in [-0.25, -0.2) is 0 Å². The maximum absolute atomic E-state index is 8.92. The van der Waals surface area contributed by atoms with E-state index in [2.05, 4.69) is 23.4 Å². The van der Waals surface area contributed by atoms with Gasteiger partial charge in [-0.05, 0) is 17.5 Å². The van der Waals surface area contributed by atoms with Gasteiger partial charge in [-0.3, -0.25) is 0 Å². The molecule has 16 heavy (non-hydrogen) atoms. The molecule has 0 aliphatic heterocycles. The minimum Gasteiger partial charge on any atom is -0.390 e. The summed E-state index contributed by atoms with van der Waals surface area (Å²) in [4.78, 5) is 1.04. The van der Waals surface area contributed by atoms with Crippen molar-refractivity contribution >= 4 is 21.4 Å². The average Bonchev–Trinajstić information content (AvgIpc) is 2.95. The monoisotopic (exact) mass is 231 g/mol.